The molecule has 0 fully saturated rings. The van der Waals surface area contributed by atoms with E-state index in [1.807, 2.05) is 0 Å². The van der Waals surface area contributed by atoms with E-state index in [1.165, 1.54) is 11.8 Å². The van der Waals surface area contributed by atoms with E-state index in [1.54, 1.807) is 25.3 Å². The number of nitrogens with one attached hydrogen (secondary N) is 1. The number of benzene rings is 1. The van der Waals surface area contributed by atoms with E-state index in [9.17, 15) is 9.59 Å². The molecule has 1 rings (SSSR count). The van der Waals surface area contributed by atoms with Crippen LogP contribution in [0.25, 0.3) is 0 Å². The van der Waals surface area contributed by atoms with Crippen molar-refractivity contribution in [2.75, 3.05) is 31.7 Å². The highest BCUT2D eigenvalue weighted by molar-refractivity contribution is 6.42. The third-order valence-corrected chi connectivity index (χ3v) is 3.48. The number of methoxy groups -OCH3 is 1. The smallest absolute Gasteiger partial charge is 0.240 e. The summed E-state index contributed by atoms with van der Waals surface area (Å²) in [7, 11) is 1.60. The van der Waals surface area contributed by atoms with Gasteiger partial charge in [0.25, 0.3) is 0 Å². The SMILES string of the molecule is COCCCNC(=O)CN(C(C)=O)c1ccc(Cl)c(Cl)c1. The normalized spacial score (nSPS) is 10.3. The Morgan fingerprint density at radius 3 is 2.57 bits per heavy atom. The van der Waals surface area contributed by atoms with Crippen LogP contribution in [0.2, 0.25) is 10.0 Å². The molecule has 0 spiro atoms. The zero-order valence-corrected chi connectivity index (χ0v) is 13.5. The van der Waals surface area contributed by atoms with Crippen LogP contribution in [0.1, 0.15) is 13.3 Å². The third kappa shape index (κ3) is 5.91. The van der Waals surface area contributed by atoms with Gasteiger partial charge in [0.2, 0.25) is 11.8 Å². The maximum Gasteiger partial charge on any atom is 0.240 e. The number of rotatable bonds is 7. The molecular formula is C14H18Cl2N2O3. The second kappa shape index (κ2) is 8.87. The summed E-state index contributed by atoms with van der Waals surface area (Å²) in [5, 5.41) is 3.46. The Morgan fingerprint density at radius 1 is 1.29 bits per heavy atom. The summed E-state index contributed by atoms with van der Waals surface area (Å²) in [5.74, 6) is -0.493. The average Bonchev–Trinajstić information content (AvgIpc) is 2.44. The van der Waals surface area contributed by atoms with Gasteiger partial charge in [0, 0.05) is 32.9 Å². The fraction of sp³-hybridized carbons (Fsp3) is 0.429. The molecule has 0 aliphatic carbocycles. The number of hydrogen-bond acceptors (Lipinski definition) is 3. The molecule has 0 aromatic heterocycles. The first-order valence-electron chi connectivity index (χ1n) is 6.44. The Kier molecular flexibility index (Phi) is 7.50. The standard InChI is InChI=1S/C14H18Cl2N2O3/c1-10(19)18(9-14(20)17-6-3-7-21-2)11-4-5-12(15)13(16)8-11/h4-5,8H,3,6-7,9H2,1-2H3,(H,17,20). The average molecular weight is 333 g/mol. The Morgan fingerprint density at radius 2 is 2.00 bits per heavy atom. The molecule has 0 aliphatic heterocycles. The maximum atomic E-state index is 11.8. The van der Waals surface area contributed by atoms with Gasteiger partial charge in [-0.1, -0.05) is 23.2 Å². The molecule has 2 amide bonds. The van der Waals surface area contributed by atoms with E-state index in [2.05, 4.69) is 5.32 Å². The van der Waals surface area contributed by atoms with Crippen molar-refractivity contribution in [3.63, 3.8) is 0 Å². The molecule has 116 valence electrons. The minimum atomic E-state index is -0.250. The molecule has 1 aromatic rings. The second-order valence-corrected chi connectivity index (χ2v) is 5.21. The lowest BCUT2D eigenvalue weighted by Gasteiger charge is -2.21. The van der Waals surface area contributed by atoms with Gasteiger partial charge in [0.15, 0.2) is 0 Å². The van der Waals surface area contributed by atoms with Gasteiger partial charge < -0.3 is 15.0 Å². The summed E-state index contributed by atoms with van der Waals surface area (Å²) in [5.41, 5.74) is 0.531. The molecule has 0 saturated carbocycles. The van der Waals surface area contributed by atoms with Crippen molar-refractivity contribution in [3.05, 3.63) is 28.2 Å². The summed E-state index contributed by atoms with van der Waals surface area (Å²) in [6.45, 7) is 2.39. The number of amides is 2. The molecule has 0 heterocycles. The van der Waals surface area contributed by atoms with Crippen LogP contribution < -0.4 is 10.2 Å². The number of carbonyl (C=O) groups is 2. The zero-order chi connectivity index (χ0) is 15.8. The lowest BCUT2D eigenvalue weighted by atomic mass is 10.2. The van der Waals surface area contributed by atoms with Gasteiger partial charge in [-0.2, -0.15) is 0 Å². The first kappa shape index (κ1) is 17.8. The van der Waals surface area contributed by atoms with Crippen molar-refractivity contribution in [1.29, 1.82) is 0 Å². The highest BCUT2D eigenvalue weighted by atomic mass is 35.5. The molecule has 0 radical (unpaired) electrons. The van der Waals surface area contributed by atoms with Gasteiger partial charge in [-0.3, -0.25) is 9.59 Å². The highest BCUT2D eigenvalue weighted by Crippen LogP contribution is 2.27. The predicted molar refractivity (Wildman–Crippen MR) is 84.0 cm³/mol. The van der Waals surface area contributed by atoms with Crippen LogP contribution in [-0.4, -0.2) is 38.6 Å². The molecule has 5 nitrogen and oxygen atoms in total. The van der Waals surface area contributed by atoms with E-state index in [0.29, 0.717) is 28.9 Å². The van der Waals surface area contributed by atoms with Crippen LogP contribution in [0.5, 0.6) is 0 Å². The summed E-state index contributed by atoms with van der Waals surface area (Å²) >= 11 is 11.8. The van der Waals surface area contributed by atoms with Crippen LogP contribution >= 0.6 is 23.2 Å². The molecule has 7 heteroatoms. The van der Waals surface area contributed by atoms with Crippen LogP contribution in [-0.2, 0) is 14.3 Å². The molecule has 0 unspecified atom stereocenters. The largest absolute Gasteiger partial charge is 0.385 e. The van der Waals surface area contributed by atoms with Gasteiger partial charge in [0.05, 0.1) is 10.0 Å². The number of anilines is 1. The highest BCUT2D eigenvalue weighted by Gasteiger charge is 2.16. The summed E-state index contributed by atoms with van der Waals surface area (Å²) < 4.78 is 4.89. The second-order valence-electron chi connectivity index (χ2n) is 4.40. The summed E-state index contributed by atoms with van der Waals surface area (Å²) in [6, 6.07) is 4.79. The molecule has 1 N–H and O–H groups in total. The van der Waals surface area contributed by atoms with Crippen LogP contribution in [0.3, 0.4) is 0 Å². The molecule has 0 bridgehead atoms. The number of halogens is 2. The molecule has 0 atom stereocenters. The van der Waals surface area contributed by atoms with Gasteiger partial charge in [-0.05, 0) is 24.6 Å². The van der Waals surface area contributed by atoms with Crippen molar-refractivity contribution in [3.8, 4) is 0 Å². The Bertz CT molecular complexity index is 509. The fourth-order valence-electron chi connectivity index (χ4n) is 1.68. The molecule has 1 aromatic carbocycles. The van der Waals surface area contributed by atoms with E-state index in [-0.39, 0.29) is 18.4 Å². The maximum absolute atomic E-state index is 11.8. The van der Waals surface area contributed by atoms with Gasteiger partial charge in [-0.25, -0.2) is 0 Å². The molecule has 0 saturated heterocycles. The summed E-state index contributed by atoms with van der Waals surface area (Å²) in [4.78, 5) is 24.9. The Hall–Kier alpha value is -1.30. The number of hydrogen-bond donors (Lipinski definition) is 1. The van der Waals surface area contributed by atoms with Gasteiger partial charge in [-0.15, -0.1) is 0 Å². The quantitative estimate of drug-likeness (QED) is 0.780. The number of carbonyl (C=O) groups excluding carboxylic acids is 2. The summed E-state index contributed by atoms with van der Waals surface area (Å²) in [6.07, 6.45) is 0.717. The fourth-order valence-corrected chi connectivity index (χ4v) is 1.97. The van der Waals surface area contributed by atoms with Crippen molar-refractivity contribution in [2.45, 2.75) is 13.3 Å². The lowest BCUT2D eigenvalue weighted by Crippen LogP contribution is -2.40. The topological polar surface area (TPSA) is 58.6 Å². The zero-order valence-electron chi connectivity index (χ0n) is 12.0. The third-order valence-electron chi connectivity index (χ3n) is 2.74. The van der Waals surface area contributed by atoms with Gasteiger partial charge >= 0.3 is 0 Å². The minimum absolute atomic E-state index is 0.0692. The molecule has 0 aliphatic rings. The first-order valence-corrected chi connectivity index (χ1v) is 7.20. The van der Waals surface area contributed by atoms with E-state index >= 15 is 0 Å². The Labute approximate surface area is 134 Å². The van der Waals surface area contributed by atoms with Crippen LogP contribution in [0.4, 0.5) is 5.69 Å². The predicted octanol–water partition coefficient (Wildman–Crippen LogP) is 2.50. The van der Waals surface area contributed by atoms with E-state index in [4.69, 9.17) is 27.9 Å². The van der Waals surface area contributed by atoms with Crippen molar-refractivity contribution >= 4 is 40.7 Å². The minimum Gasteiger partial charge on any atom is -0.385 e. The van der Waals surface area contributed by atoms with Crippen molar-refractivity contribution in [2.24, 2.45) is 0 Å². The monoisotopic (exact) mass is 332 g/mol. The lowest BCUT2D eigenvalue weighted by molar-refractivity contribution is -0.123. The molecule has 21 heavy (non-hydrogen) atoms. The van der Waals surface area contributed by atoms with E-state index in [0.717, 1.165) is 6.42 Å². The van der Waals surface area contributed by atoms with Gasteiger partial charge in [0.1, 0.15) is 6.54 Å². The van der Waals surface area contributed by atoms with E-state index < -0.39 is 0 Å². The van der Waals surface area contributed by atoms with Crippen LogP contribution in [0, 0.1) is 0 Å². The van der Waals surface area contributed by atoms with Crippen molar-refractivity contribution < 1.29 is 14.3 Å². The number of ether oxygens (including phenoxy) is 1. The first-order chi connectivity index (χ1) is 9.95. The van der Waals surface area contributed by atoms with Crippen molar-refractivity contribution in [1.82, 2.24) is 5.32 Å². The Balaban J connectivity index is 2.67. The van der Waals surface area contributed by atoms with Crippen LogP contribution in [0.15, 0.2) is 18.2 Å². The molecular weight excluding hydrogens is 315 g/mol. The number of nitrogens with zero attached hydrogens (tertiary/aromatic N) is 1.